The van der Waals surface area contributed by atoms with Gasteiger partial charge in [0.05, 0.1) is 35.0 Å². The number of fused-ring (bicyclic) bond motifs is 1. The van der Waals surface area contributed by atoms with Gasteiger partial charge in [-0.25, -0.2) is 14.2 Å². The fraction of sp³-hybridized carbons (Fsp3) is 0.333. The molecule has 1 aliphatic carbocycles. The number of anilines is 1. The molecule has 2 aromatic heterocycles. The monoisotopic (exact) mass is 397 g/mol. The average Bonchev–Trinajstić information content (AvgIpc) is 3.50. The lowest BCUT2D eigenvalue weighted by Gasteiger charge is -2.11. The number of esters is 1. The summed E-state index contributed by atoms with van der Waals surface area (Å²) in [5, 5.41) is 7.35. The lowest BCUT2D eigenvalue weighted by Crippen LogP contribution is -2.17. The Balaban J connectivity index is 1.77. The topological polar surface area (TPSA) is 94.3 Å². The van der Waals surface area contributed by atoms with E-state index in [1.807, 2.05) is 6.92 Å². The summed E-state index contributed by atoms with van der Waals surface area (Å²) in [6.07, 6.45) is 3.50. The van der Waals surface area contributed by atoms with Crippen molar-refractivity contribution in [2.75, 3.05) is 12.4 Å². The lowest BCUT2D eigenvalue weighted by atomic mass is 10.0. The average molecular weight is 397 g/mol. The molecule has 0 atom stereocenters. The van der Waals surface area contributed by atoms with E-state index < -0.39 is 17.7 Å². The summed E-state index contributed by atoms with van der Waals surface area (Å²) in [6.45, 7) is 2.01. The molecule has 4 rings (SSSR count). The van der Waals surface area contributed by atoms with Crippen molar-refractivity contribution in [1.82, 2.24) is 10.1 Å². The molecule has 0 spiro atoms. The molecule has 3 aromatic rings. The normalized spacial score (nSPS) is 13.5. The summed E-state index contributed by atoms with van der Waals surface area (Å²) >= 11 is 0. The van der Waals surface area contributed by atoms with Crippen LogP contribution in [0.4, 0.5) is 10.1 Å². The first kappa shape index (κ1) is 19.0. The van der Waals surface area contributed by atoms with Gasteiger partial charge in [-0.2, -0.15) is 0 Å². The van der Waals surface area contributed by atoms with Gasteiger partial charge in [0.1, 0.15) is 5.82 Å². The summed E-state index contributed by atoms with van der Waals surface area (Å²) in [6, 6.07) is 5.29. The number of amides is 1. The number of halogens is 1. The molecule has 8 heteroatoms. The van der Waals surface area contributed by atoms with Gasteiger partial charge in [-0.1, -0.05) is 18.5 Å². The van der Waals surface area contributed by atoms with E-state index in [1.165, 1.54) is 19.2 Å². The van der Waals surface area contributed by atoms with E-state index in [0.717, 1.165) is 31.0 Å². The van der Waals surface area contributed by atoms with Gasteiger partial charge >= 0.3 is 5.97 Å². The molecule has 2 heterocycles. The van der Waals surface area contributed by atoms with Crippen LogP contribution in [0, 0.1) is 5.82 Å². The molecular weight excluding hydrogens is 377 g/mol. The van der Waals surface area contributed by atoms with Crippen molar-refractivity contribution in [2.45, 2.75) is 38.5 Å². The Morgan fingerprint density at radius 2 is 2.07 bits per heavy atom. The number of carbonyl (C=O) groups excluding carboxylic acids is 2. The zero-order valence-electron chi connectivity index (χ0n) is 16.1. The number of aryl methyl sites for hydroxylation is 1. The molecule has 7 nitrogen and oxygen atoms in total. The van der Waals surface area contributed by atoms with Crippen molar-refractivity contribution in [3.05, 3.63) is 52.6 Å². The highest BCUT2D eigenvalue weighted by Crippen LogP contribution is 2.40. The van der Waals surface area contributed by atoms with Crippen LogP contribution in [0.5, 0.6) is 0 Å². The predicted molar refractivity (Wildman–Crippen MR) is 103 cm³/mol. The molecule has 0 bridgehead atoms. The third-order valence-electron chi connectivity index (χ3n) is 4.90. The standard InChI is InChI=1S/C21H20FN3O4/c1-3-4-16-18-14(10-17(11-5-6-11)24-20(18)29-25-16)19(26)23-15-8-7-12(22)9-13(15)21(27)28-2/h7-11H,3-6H2,1-2H3,(H,23,26). The van der Waals surface area contributed by atoms with Gasteiger partial charge < -0.3 is 14.6 Å². The van der Waals surface area contributed by atoms with Crippen LogP contribution in [0.1, 0.15) is 64.2 Å². The van der Waals surface area contributed by atoms with Crippen molar-refractivity contribution < 1.29 is 23.2 Å². The van der Waals surface area contributed by atoms with Crippen LogP contribution < -0.4 is 5.32 Å². The fourth-order valence-corrected chi connectivity index (χ4v) is 3.30. The van der Waals surface area contributed by atoms with Crippen LogP contribution in [0.25, 0.3) is 11.1 Å². The quantitative estimate of drug-likeness (QED) is 0.626. The van der Waals surface area contributed by atoms with E-state index in [2.05, 4.69) is 15.5 Å². The molecule has 1 saturated carbocycles. The van der Waals surface area contributed by atoms with Crippen LogP contribution in [0.15, 0.2) is 28.8 Å². The first-order chi connectivity index (χ1) is 14.0. The molecule has 150 valence electrons. The molecule has 1 fully saturated rings. The molecule has 29 heavy (non-hydrogen) atoms. The van der Waals surface area contributed by atoms with Gasteiger partial charge in [0.25, 0.3) is 11.6 Å². The fourth-order valence-electron chi connectivity index (χ4n) is 3.30. The molecule has 0 unspecified atom stereocenters. The number of ether oxygens (including phenoxy) is 1. The largest absolute Gasteiger partial charge is 0.465 e. The zero-order valence-corrected chi connectivity index (χ0v) is 16.1. The maximum atomic E-state index is 13.6. The third-order valence-corrected chi connectivity index (χ3v) is 4.90. The Morgan fingerprint density at radius 3 is 2.76 bits per heavy atom. The maximum Gasteiger partial charge on any atom is 0.340 e. The smallest absolute Gasteiger partial charge is 0.340 e. The predicted octanol–water partition coefficient (Wildman–Crippen LogP) is 4.23. The summed E-state index contributed by atoms with van der Waals surface area (Å²) in [4.78, 5) is 29.7. The Labute approximate surface area is 166 Å². The van der Waals surface area contributed by atoms with Gasteiger partial charge in [0.2, 0.25) is 0 Å². The van der Waals surface area contributed by atoms with Crippen LogP contribution in [-0.2, 0) is 11.2 Å². The molecule has 0 radical (unpaired) electrons. The first-order valence-electron chi connectivity index (χ1n) is 9.50. The number of pyridine rings is 1. The molecule has 1 amide bonds. The summed E-state index contributed by atoms with van der Waals surface area (Å²) in [5.74, 6) is -1.48. The second-order valence-corrected chi connectivity index (χ2v) is 7.06. The minimum absolute atomic E-state index is 0.0623. The van der Waals surface area contributed by atoms with E-state index in [4.69, 9.17) is 9.26 Å². The molecule has 0 saturated heterocycles. The second kappa shape index (κ2) is 7.62. The second-order valence-electron chi connectivity index (χ2n) is 7.06. The Morgan fingerprint density at radius 1 is 1.28 bits per heavy atom. The van der Waals surface area contributed by atoms with Crippen molar-refractivity contribution in [1.29, 1.82) is 0 Å². The van der Waals surface area contributed by atoms with E-state index in [9.17, 15) is 14.0 Å². The van der Waals surface area contributed by atoms with Gasteiger partial charge in [-0.15, -0.1) is 0 Å². The number of hydrogen-bond acceptors (Lipinski definition) is 6. The summed E-state index contributed by atoms with van der Waals surface area (Å²) in [7, 11) is 1.20. The van der Waals surface area contributed by atoms with Gasteiger partial charge in [-0.3, -0.25) is 4.79 Å². The SMILES string of the molecule is CCCc1noc2nc(C3CC3)cc(C(=O)Nc3ccc(F)cc3C(=O)OC)c12. The minimum atomic E-state index is -0.741. The minimum Gasteiger partial charge on any atom is -0.465 e. The van der Waals surface area contributed by atoms with E-state index in [-0.39, 0.29) is 11.3 Å². The number of methoxy groups -OCH3 is 1. The highest BCUT2D eigenvalue weighted by molar-refractivity contribution is 6.14. The highest BCUT2D eigenvalue weighted by Gasteiger charge is 2.29. The lowest BCUT2D eigenvalue weighted by molar-refractivity contribution is 0.0601. The zero-order chi connectivity index (χ0) is 20.5. The molecule has 1 N–H and O–H groups in total. The van der Waals surface area contributed by atoms with Crippen molar-refractivity contribution >= 4 is 28.7 Å². The third kappa shape index (κ3) is 3.70. The summed E-state index contributed by atoms with van der Waals surface area (Å²) < 4.78 is 23.7. The van der Waals surface area contributed by atoms with Crippen LogP contribution in [0.3, 0.4) is 0 Å². The first-order valence-corrected chi connectivity index (χ1v) is 9.50. The van der Waals surface area contributed by atoms with Crippen LogP contribution in [-0.4, -0.2) is 29.1 Å². The van der Waals surface area contributed by atoms with Crippen molar-refractivity contribution in [3.8, 4) is 0 Å². The van der Waals surface area contributed by atoms with E-state index in [0.29, 0.717) is 34.7 Å². The number of nitrogens with one attached hydrogen (secondary N) is 1. The summed E-state index contributed by atoms with van der Waals surface area (Å²) in [5.41, 5.74) is 2.25. The van der Waals surface area contributed by atoms with E-state index >= 15 is 0 Å². The Bertz CT molecular complexity index is 1100. The number of nitrogens with zero attached hydrogens (tertiary/aromatic N) is 2. The number of hydrogen-bond donors (Lipinski definition) is 1. The molecular formula is C21H20FN3O4. The Hall–Kier alpha value is -3.29. The number of rotatable bonds is 6. The van der Waals surface area contributed by atoms with Crippen LogP contribution in [0.2, 0.25) is 0 Å². The maximum absolute atomic E-state index is 13.6. The molecule has 1 aliphatic rings. The van der Waals surface area contributed by atoms with Crippen molar-refractivity contribution in [3.63, 3.8) is 0 Å². The highest BCUT2D eigenvalue weighted by atomic mass is 19.1. The van der Waals surface area contributed by atoms with Gasteiger partial charge in [-0.05, 0) is 43.5 Å². The molecule has 1 aromatic carbocycles. The molecule has 0 aliphatic heterocycles. The number of aromatic nitrogens is 2. The number of carbonyl (C=O) groups is 2. The Kier molecular flexibility index (Phi) is 5.00. The van der Waals surface area contributed by atoms with E-state index in [1.54, 1.807) is 6.07 Å². The van der Waals surface area contributed by atoms with Crippen molar-refractivity contribution in [2.24, 2.45) is 0 Å². The van der Waals surface area contributed by atoms with Crippen LogP contribution >= 0.6 is 0 Å². The van der Waals surface area contributed by atoms with Gasteiger partial charge in [0.15, 0.2) is 0 Å². The van der Waals surface area contributed by atoms with Gasteiger partial charge in [0, 0.05) is 11.6 Å². The number of benzene rings is 1.